The number of nitrogen functional groups attached to an aromatic ring is 1. The van der Waals surface area contributed by atoms with Gasteiger partial charge in [0.2, 0.25) is 0 Å². The van der Waals surface area contributed by atoms with E-state index in [4.69, 9.17) is 17.3 Å². The molecule has 0 unspecified atom stereocenters. The van der Waals surface area contributed by atoms with Crippen molar-refractivity contribution in [2.45, 2.75) is 6.18 Å². The lowest BCUT2D eigenvalue weighted by molar-refractivity contribution is -0.123. The van der Waals surface area contributed by atoms with Gasteiger partial charge in [0.15, 0.2) is 0 Å². The van der Waals surface area contributed by atoms with Crippen molar-refractivity contribution in [2.24, 2.45) is 7.05 Å². The molecule has 6 nitrogen and oxygen atoms in total. The average Bonchev–Trinajstić information content (AvgIpc) is 2.94. The van der Waals surface area contributed by atoms with Crippen molar-refractivity contribution >= 4 is 50.2 Å². The Bertz CT molecular complexity index is 1050. The molecule has 0 aliphatic carbocycles. The number of hydrogen-bond donors (Lipinski definition) is 2. The topological polar surface area (TPSA) is 85.8 Å². The number of alkyl halides is 3. The van der Waals surface area contributed by atoms with Gasteiger partial charge in [-0.1, -0.05) is 11.6 Å². The standard InChI is InChI=1S/C16H12BrClF3N5O/c1-26-5-8(11-13(26)9(17)4-24-14(11)22)7-2-10(18)12(23-3-7)15(27)25-6-16(19,20)21/h2-5H,6H2,1H3,(H2,22,24)(H,25,27). The number of nitrogens with one attached hydrogen (secondary N) is 1. The summed E-state index contributed by atoms with van der Waals surface area (Å²) in [5.41, 5.74) is 7.74. The van der Waals surface area contributed by atoms with Crippen LogP contribution in [0.3, 0.4) is 0 Å². The van der Waals surface area contributed by atoms with E-state index in [2.05, 4.69) is 25.9 Å². The van der Waals surface area contributed by atoms with Crippen LogP contribution in [0.25, 0.3) is 22.0 Å². The fourth-order valence-corrected chi connectivity index (χ4v) is 3.49. The number of pyridine rings is 2. The molecule has 0 saturated heterocycles. The predicted octanol–water partition coefficient (Wildman–Crippen LogP) is 3.93. The maximum Gasteiger partial charge on any atom is 0.405 e. The zero-order valence-corrected chi connectivity index (χ0v) is 16.1. The van der Waals surface area contributed by atoms with Crippen LogP contribution in [0.15, 0.2) is 29.1 Å². The highest BCUT2D eigenvalue weighted by molar-refractivity contribution is 9.10. The van der Waals surface area contributed by atoms with Gasteiger partial charge in [-0.15, -0.1) is 0 Å². The van der Waals surface area contributed by atoms with E-state index < -0.39 is 18.6 Å². The summed E-state index contributed by atoms with van der Waals surface area (Å²) in [6.45, 7) is -1.47. The first-order chi connectivity index (χ1) is 12.6. The number of halogens is 5. The van der Waals surface area contributed by atoms with Crippen molar-refractivity contribution in [1.82, 2.24) is 19.9 Å². The lowest BCUT2D eigenvalue weighted by Crippen LogP contribution is -2.34. The summed E-state index contributed by atoms with van der Waals surface area (Å²) < 4.78 is 39.3. The second kappa shape index (κ2) is 7.01. The molecule has 0 bridgehead atoms. The van der Waals surface area contributed by atoms with E-state index in [-0.39, 0.29) is 10.7 Å². The summed E-state index contributed by atoms with van der Waals surface area (Å²) in [7, 11) is 1.82. The van der Waals surface area contributed by atoms with Crippen molar-refractivity contribution in [3.8, 4) is 11.1 Å². The Morgan fingerprint density at radius 3 is 2.70 bits per heavy atom. The van der Waals surface area contributed by atoms with Gasteiger partial charge in [-0.05, 0) is 22.0 Å². The van der Waals surface area contributed by atoms with Crippen LogP contribution in [0.1, 0.15) is 10.5 Å². The summed E-state index contributed by atoms with van der Waals surface area (Å²) in [5.74, 6) is -0.711. The van der Waals surface area contributed by atoms with Crippen LogP contribution in [0.4, 0.5) is 19.0 Å². The number of carbonyl (C=O) groups excluding carboxylic acids is 1. The molecule has 3 heterocycles. The molecule has 3 rings (SSSR count). The minimum atomic E-state index is -4.52. The maximum atomic E-state index is 12.2. The van der Waals surface area contributed by atoms with Crippen molar-refractivity contribution in [3.63, 3.8) is 0 Å². The predicted molar refractivity (Wildman–Crippen MR) is 99.5 cm³/mol. The molecule has 0 aliphatic rings. The average molecular weight is 463 g/mol. The molecule has 0 radical (unpaired) electrons. The minimum absolute atomic E-state index is 0.0781. The van der Waals surface area contributed by atoms with Gasteiger partial charge in [0.25, 0.3) is 5.91 Å². The molecular formula is C16H12BrClF3N5O. The lowest BCUT2D eigenvalue weighted by atomic mass is 10.1. The van der Waals surface area contributed by atoms with Crippen LogP contribution < -0.4 is 11.1 Å². The van der Waals surface area contributed by atoms with E-state index in [1.165, 1.54) is 12.3 Å². The van der Waals surface area contributed by atoms with E-state index >= 15 is 0 Å². The number of rotatable bonds is 3. The molecule has 0 saturated carbocycles. The zero-order chi connectivity index (χ0) is 19.9. The van der Waals surface area contributed by atoms with Crippen molar-refractivity contribution in [3.05, 3.63) is 39.8 Å². The Morgan fingerprint density at radius 1 is 1.37 bits per heavy atom. The Balaban J connectivity index is 2.01. The Morgan fingerprint density at radius 2 is 2.07 bits per heavy atom. The van der Waals surface area contributed by atoms with Crippen molar-refractivity contribution in [2.75, 3.05) is 12.3 Å². The SMILES string of the molecule is Cn1cc(-c2cnc(C(=O)NCC(F)(F)F)c(Cl)c2)c2c(N)ncc(Br)c21. The van der Waals surface area contributed by atoms with Crippen LogP contribution in [0.5, 0.6) is 0 Å². The zero-order valence-electron chi connectivity index (χ0n) is 13.7. The maximum absolute atomic E-state index is 12.2. The van der Waals surface area contributed by atoms with Crippen LogP contribution >= 0.6 is 27.5 Å². The Kier molecular flexibility index (Phi) is 5.04. The van der Waals surface area contributed by atoms with Gasteiger partial charge in [-0.3, -0.25) is 4.79 Å². The summed E-state index contributed by atoms with van der Waals surface area (Å²) in [5, 5.41) is 2.33. The van der Waals surface area contributed by atoms with E-state index in [0.717, 1.165) is 9.99 Å². The third-order valence-electron chi connectivity index (χ3n) is 3.80. The first-order valence-electron chi connectivity index (χ1n) is 7.48. The van der Waals surface area contributed by atoms with Gasteiger partial charge >= 0.3 is 6.18 Å². The molecule has 0 aliphatic heterocycles. The molecule has 3 aromatic rings. The number of nitrogens with zero attached hydrogens (tertiary/aromatic N) is 3. The molecule has 3 aromatic heterocycles. The van der Waals surface area contributed by atoms with Crippen LogP contribution in [0, 0.1) is 0 Å². The van der Waals surface area contributed by atoms with Gasteiger partial charge in [0, 0.05) is 36.8 Å². The van der Waals surface area contributed by atoms with E-state index in [9.17, 15) is 18.0 Å². The number of nitrogens with two attached hydrogens (primary N) is 1. The van der Waals surface area contributed by atoms with E-state index in [1.807, 2.05) is 11.6 Å². The number of fused-ring (bicyclic) bond motifs is 1. The monoisotopic (exact) mass is 461 g/mol. The second-order valence-electron chi connectivity index (χ2n) is 5.72. The lowest BCUT2D eigenvalue weighted by Gasteiger charge is -2.09. The molecule has 0 fully saturated rings. The smallest absolute Gasteiger partial charge is 0.383 e. The van der Waals surface area contributed by atoms with Gasteiger partial charge in [-0.2, -0.15) is 13.2 Å². The highest BCUT2D eigenvalue weighted by Gasteiger charge is 2.28. The van der Waals surface area contributed by atoms with Crippen LogP contribution in [-0.2, 0) is 7.05 Å². The Hall–Kier alpha value is -2.33. The van der Waals surface area contributed by atoms with Gasteiger partial charge in [0.1, 0.15) is 18.1 Å². The van der Waals surface area contributed by atoms with Gasteiger partial charge < -0.3 is 15.6 Å². The van der Waals surface area contributed by atoms with Crippen molar-refractivity contribution in [1.29, 1.82) is 0 Å². The van der Waals surface area contributed by atoms with Gasteiger partial charge in [-0.25, -0.2) is 9.97 Å². The normalized spacial score (nSPS) is 11.8. The first kappa shape index (κ1) is 19.4. The summed E-state index contributed by atoms with van der Waals surface area (Å²) in [6.07, 6.45) is 0.206. The fraction of sp³-hybridized carbons (Fsp3) is 0.188. The number of anilines is 1. The molecule has 0 atom stereocenters. The molecule has 3 N–H and O–H groups in total. The quantitative estimate of drug-likeness (QED) is 0.618. The van der Waals surface area contributed by atoms with Crippen LogP contribution in [0.2, 0.25) is 5.02 Å². The fourth-order valence-electron chi connectivity index (χ4n) is 2.66. The molecule has 0 aromatic carbocycles. The summed E-state index contributed by atoms with van der Waals surface area (Å²) >= 11 is 9.51. The highest BCUT2D eigenvalue weighted by atomic mass is 79.9. The highest BCUT2D eigenvalue weighted by Crippen LogP contribution is 2.37. The number of aromatic nitrogens is 3. The summed E-state index contributed by atoms with van der Waals surface area (Å²) in [4.78, 5) is 19.9. The Labute approximate surface area is 164 Å². The van der Waals surface area contributed by atoms with Crippen LogP contribution in [-0.4, -0.2) is 33.2 Å². The van der Waals surface area contributed by atoms with Crippen molar-refractivity contribution < 1.29 is 18.0 Å². The molecule has 11 heteroatoms. The molecule has 1 amide bonds. The second-order valence-corrected chi connectivity index (χ2v) is 6.98. The molecule has 142 valence electrons. The molecule has 27 heavy (non-hydrogen) atoms. The molecular weight excluding hydrogens is 451 g/mol. The number of carbonyl (C=O) groups is 1. The van der Waals surface area contributed by atoms with E-state index in [1.54, 1.807) is 17.7 Å². The molecule has 0 spiro atoms. The third-order valence-corrected chi connectivity index (χ3v) is 4.67. The minimum Gasteiger partial charge on any atom is -0.383 e. The number of amides is 1. The number of aryl methyl sites for hydroxylation is 1. The summed E-state index contributed by atoms with van der Waals surface area (Å²) in [6, 6.07) is 1.45. The van der Waals surface area contributed by atoms with Gasteiger partial charge in [0.05, 0.1) is 20.4 Å². The van der Waals surface area contributed by atoms with E-state index in [0.29, 0.717) is 22.3 Å². The number of hydrogen-bond acceptors (Lipinski definition) is 4. The third kappa shape index (κ3) is 3.86. The largest absolute Gasteiger partial charge is 0.405 e. The first-order valence-corrected chi connectivity index (χ1v) is 8.65.